The molecule has 0 aliphatic carbocycles. The Hall–Kier alpha value is -0.550. The zero-order valence-corrected chi connectivity index (χ0v) is 6.51. The van der Waals surface area contributed by atoms with Crippen molar-refractivity contribution in [1.82, 2.24) is 4.90 Å². The molecule has 0 radical (unpaired) electrons. The van der Waals surface area contributed by atoms with Crippen molar-refractivity contribution < 1.29 is 0 Å². The first-order valence-corrected chi connectivity index (χ1v) is 3.88. The highest BCUT2D eigenvalue weighted by Crippen LogP contribution is 2.18. The highest BCUT2D eigenvalue weighted by atomic mass is 15.1. The molecule has 1 saturated heterocycles. The highest BCUT2D eigenvalue weighted by molar-refractivity contribution is 4.79. The zero-order chi connectivity index (χ0) is 7.40. The summed E-state index contributed by atoms with van der Waals surface area (Å²) in [5.74, 6) is 0.682. The number of hydrogen-bond donors (Lipinski definition) is 0. The van der Waals surface area contributed by atoms with Gasteiger partial charge < -0.3 is 4.90 Å². The van der Waals surface area contributed by atoms with Crippen LogP contribution in [0.15, 0.2) is 0 Å². The molecule has 0 spiro atoms. The van der Waals surface area contributed by atoms with Gasteiger partial charge >= 0.3 is 0 Å². The van der Waals surface area contributed by atoms with Crippen LogP contribution in [0.2, 0.25) is 0 Å². The van der Waals surface area contributed by atoms with Crippen LogP contribution in [0.4, 0.5) is 0 Å². The number of likely N-dealkylation sites (tertiary alicyclic amines) is 1. The Balaban J connectivity index is 2.21. The van der Waals surface area contributed by atoms with E-state index < -0.39 is 0 Å². The topological polar surface area (TPSA) is 27.0 Å². The normalized spacial score (nSPS) is 22.4. The van der Waals surface area contributed by atoms with Crippen molar-refractivity contribution in [3.63, 3.8) is 0 Å². The number of rotatable bonds is 1. The summed E-state index contributed by atoms with van der Waals surface area (Å²) in [6, 6.07) is 2.23. The third kappa shape index (κ3) is 2.00. The molecule has 1 fully saturated rings. The van der Waals surface area contributed by atoms with Gasteiger partial charge in [-0.1, -0.05) is 0 Å². The van der Waals surface area contributed by atoms with E-state index in [0.717, 1.165) is 6.42 Å². The lowest BCUT2D eigenvalue weighted by molar-refractivity contribution is 0.222. The average molecular weight is 138 g/mol. The molecule has 1 rings (SSSR count). The van der Waals surface area contributed by atoms with E-state index in [2.05, 4.69) is 18.0 Å². The van der Waals surface area contributed by atoms with Crippen molar-refractivity contribution in [1.29, 1.82) is 5.26 Å². The van der Waals surface area contributed by atoms with Crippen LogP contribution in [0, 0.1) is 17.2 Å². The summed E-state index contributed by atoms with van der Waals surface area (Å²) in [4.78, 5) is 2.33. The molecule has 0 aromatic carbocycles. The predicted octanol–water partition coefficient (Wildman–Crippen LogP) is 1.24. The molecule has 0 amide bonds. The van der Waals surface area contributed by atoms with E-state index >= 15 is 0 Å². The van der Waals surface area contributed by atoms with Gasteiger partial charge in [0, 0.05) is 6.42 Å². The van der Waals surface area contributed by atoms with E-state index in [1.165, 1.54) is 25.9 Å². The first-order chi connectivity index (χ1) is 4.83. The Bertz CT molecular complexity index is 129. The number of piperidine rings is 1. The maximum absolute atomic E-state index is 8.42. The van der Waals surface area contributed by atoms with Gasteiger partial charge in [-0.3, -0.25) is 0 Å². The average Bonchev–Trinajstić information content (AvgIpc) is 1.95. The molecule has 0 saturated carbocycles. The molecule has 2 heteroatoms. The van der Waals surface area contributed by atoms with Gasteiger partial charge in [0.05, 0.1) is 6.07 Å². The maximum Gasteiger partial charge on any atom is 0.0624 e. The molecule has 0 N–H and O–H groups in total. The number of nitriles is 1. The van der Waals surface area contributed by atoms with Crippen LogP contribution in [0.3, 0.4) is 0 Å². The molecule has 1 aliphatic rings. The van der Waals surface area contributed by atoms with Gasteiger partial charge in [0.2, 0.25) is 0 Å². The molecular weight excluding hydrogens is 124 g/mol. The molecule has 2 nitrogen and oxygen atoms in total. The minimum atomic E-state index is 0.682. The quantitative estimate of drug-likeness (QED) is 0.545. The second kappa shape index (κ2) is 3.58. The van der Waals surface area contributed by atoms with Gasteiger partial charge in [-0.05, 0) is 38.9 Å². The molecule has 0 atom stereocenters. The van der Waals surface area contributed by atoms with Crippen molar-refractivity contribution in [2.45, 2.75) is 19.3 Å². The van der Waals surface area contributed by atoms with E-state index in [1.807, 2.05) is 0 Å². The predicted molar refractivity (Wildman–Crippen MR) is 40.5 cm³/mol. The molecule has 0 aromatic heterocycles. The third-order valence-corrected chi connectivity index (χ3v) is 2.22. The van der Waals surface area contributed by atoms with Gasteiger partial charge in [0.15, 0.2) is 0 Å². The van der Waals surface area contributed by atoms with E-state index in [9.17, 15) is 0 Å². The molecule has 0 bridgehead atoms. The Kier molecular flexibility index (Phi) is 2.70. The monoisotopic (exact) mass is 138 g/mol. The van der Waals surface area contributed by atoms with Crippen LogP contribution in [-0.4, -0.2) is 25.0 Å². The van der Waals surface area contributed by atoms with Crippen molar-refractivity contribution in [3.05, 3.63) is 0 Å². The number of hydrogen-bond acceptors (Lipinski definition) is 2. The largest absolute Gasteiger partial charge is 0.306 e. The van der Waals surface area contributed by atoms with Crippen molar-refractivity contribution in [2.75, 3.05) is 20.1 Å². The second-order valence-corrected chi connectivity index (χ2v) is 3.11. The Morgan fingerprint density at radius 1 is 1.50 bits per heavy atom. The standard InChI is InChI=1S/C8H14N2/c1-10-6-3-8(2-5-9)4-7-10/h8H,2-4,6-7H2,1H3. The van der Waals surface area contributed by atoms with Crippen molar-refractivity contribution in [3.8, 4) is 6.07 Å². The Morgan fingerprint density at radius 3 is 2.60 bits per heavy atom. The van der Waals surface area contributed by atoms with E-state index in [0.29, 0.717) is 5.92 Å². The van der Waals surface area contributed by atoms with Crippen LogP contribution < -0.4 is 0 Å². The van der Waals surface area contributed by atoms with Crippen LogP contribution in [-0.2, 0) is 0 Å². The van der Waals surface area contributed by atoms with Crippen molar-refractivity contribution in [2.24, 2.45) is 5.92 Å². The molecule has 10 heavy (non-hydrogen) atoms. The zero-order valence-electron chi connectivity index (χ0n) is 6.51. The summed E-state index contributed by atoms with van der Waals surface area (Å²) in [5.41, 5.74) is 0. The summed E-state index contributed by atoms with van der Waals surface area (Å²) in [5, 5.41) is 8.42. The second-order valence-electron chi connectivity index (χ2n) is 3.11. The Morgan fingerprint density at radius 2 is 2.10 bits per heavy atom. The summed E-state index contributed by atoms with van der Waals surface area (Å²) >= 11 is 0. The SMILES string of the molecule is CN1CCC(CC#N)CC1. The van der Waals surface area contributed by atoms with Gasteiger partial charge in [-0.15, -0.1) is 0 Å². The summed E-state index contributed by atoms with van der Waals surface area (Å²) in [7, 11) is 2.14. The summed E-state index contributed by atoms with van der Waals surface area (Å²) < 4.78 is 0. The van der Waals surface area contributed by atoms with Gasteiger partial charge in [0.1, 0.15) is 0 Å². The van der Waals surface area contributed by atoms with Crippen LogP contribution in [0.5, 0.6) is 0 Å². The number of nitrogens with zero attached hydrogens (tertiary/aromatic N) is 2. The van der Waals surface area contributed by atoms with Crippen molar-refractivity contribution >= 4 is 0 Å². The van der Waals surface area contributed by atoms with Gasteiger partial charge in [-0.2, -0.15) is 5.26 Å². The first-order valence-electron chi connectivity index (χ1n) is 3.88. The highest BCUT2D eigenvalue weighted by Gasteiger charge is 2.15. The molecule has 0 aromatic rings. The van der Waals surface area contributed by atoms with Gasteiger partial charge in [0.25, 0.3) is 0 Å². The minimum absolute atomic E-state index is 0.682. The van der Waals surface area contributed by atoms with Crippen LogP contribution >= 0.6 is 0 Å². The molecule has 1 aliphatic heterocycles. The summed E-state index contributed by atoms with van der Waals surface area (Å²) in [6.07, 6.45) is 3.18. The lowest BCUT2D eigenvalue weighted by Gasteiger charge is -2.27. The summed E-state index contributed by atoms with van der Waals surface area (Å²) in [6.45, 7) is 2.35. The molecule has 56 valence electrons. The van der Waals surface area contributed by atoms with E-state index in [4.69, 9.17) is 5.26 Å². The lowest BCUT2D eigenvalue weighted by atomic mass is 9.95. The fraction of sp³-hybridized carbons (Fsp3) is 0.875. The first kappa shape index (κ1) is 7.56. The lowest BCUT2D eigenvalue weighted by Crippen LogP contribution is -2.29. The van der Waals surface area contributed by atoms with E-state index in [-0.39, 0.29) is 0 Å². The fourth-order valence-corrected chi connectivity index (χ4v) is 1.40. The minimum Gasteiger partial charge on any atom is -0.306 e. The van der Waals surface area contributed by atoms with Crippen LogP contribution in [0.25, 0.3) is 0 Å². The van der Waals surface area contributed by atoms with Crippen LogP contribution in [0.1, 0.15) is 19.3 Å². The molecule has 1 heterocycles. The van der Waals surface area contributed by atoms with E-state index in [1.54, 1.807) is 0 Å². The molecule has 0 unspecified atom stereocenters. The molecular formula is C8H14N2. The van der Waals surface area contributed by atoms with Gasteiger partial charge in [-0.25, -0.2) is 0 Å². The maximum atomic E-state index is 8.42. The third-order valence-electron chi connectivity index (χ3n) is 2.22. The Labute approximate surface area is 62.4 Å². The fourth-order valence-electron chi connectivity index (χ4n) is 1.40. The smallest absolute Gasteiger partial charge is 0.0624 e.